The van der Waals surface area contributed by atoms with Gasteiger partial charge in [0.2, 0.25) is 6.23 Å². The molecule has 1 aliphatic rings. The zero-order chi connectivity index (χ0) is 18.5. The van der Waals surface area contributed by atoms with Crippen molar-refractivity contribution < 1.29 is 19.0 Å². The number of benzene rings is 2. The number of nitrogens with two attached hydrogens (primary N) is 1. The number of amides is 1. The predicted molar refractivity (Wildman–Crippen MR) is 98.0 cm³/mol. The quantitative estimate of drug-likeness (QED) is 0.865. The van der Waals surface area contributed by atoms with Gasteiger partial charge in [-0.1, -0.05) is 30.3 Å². The van der Waals surface area contributed by atoms with Crippen molar-refractivity contribution >= 4 is 12.0 Å². The second-order valence-corrected chi connectivity index (χ2v) is 5.60. The van der Waals surface area contributed by atoms with Gasteiger partial charge in [0.25, 0.3) is 5.91 Å². The van der Waals surface area contributed by atoms with Crippen molar-refractivity contribution in [1.29, 1.82) is 0 Å². The van der Waals surface area contributed by atoms with Gasteiger partial charge in [-0.3, -0.25) is 4.79 Å². The number of carbonyl (C=O) groups is 1. The number of primary amides is 1. The van der Waals surface area contributed by atoms with Crippen LogP contribution < -0.4 is 15.2 Å². The Bertz CT molecular complexity index is 846. The summed E-state index contributed by atoms with van der Waals surface area (Å²) in [6.45, 7) is 0. The van der Waals surface area contributed by atoms with Gasteiger partial charge >= 0.3 is 0 Å². The van der Waals surface area contributed by atoms with E-state index in [2.05, 4.69) is 0 Å². The van der Waals surface area contributed by atoms with E-state index in [0.29, 0.717) is 11.5 Å². The van der Waals surface area contributed by atoms with E-state index in [1.807, 2.05) is 48.5 Å². The molecule has 2 aromatic carbocycles. The first-order chi connectivity index (χ1) is 12.6. The normalized spacial score (nSPS) is 16.3. The lowest BCUT2D eigenvalue weighted by Crippen LogP contribution is -2.27. The van der Waals surface area contributed by atoms with E-state index in [1.165, 1.54) is 6.26 Å². The van der Waals surface area contributed by atoms with Crippen LogP contribution in [0.3, 0.4) is 0 Å². The summed E-state index contributed by atoms with van der Waals surface area (Å²) in [6, 6.07) is 15.2. The highest BCUT2D eigenvalue weighted by Crippen LogP contribution is 2.37. The molecule has 1 atom stereocenters. The van der Waals surface area contributed by atoms with E-state index in [0.717, 1.165) is 11.1 Å². The summed E-state index contributed by atoms with van der Waals surface area (Å²) in [6.07, 6.45) is 4.51. The Hall–Kier alpha value is -3.41. The Balaban J connectivity index is 1.93. The summed E-state index contributed by atoms with van der Waals surface area (Å²) in [5.74, 6) is 0.627. The minimum Gasteiger partial charge on any atom is -0.493 e. The van der Waals surface area contributed by atoms with Gasteiger partial charge in [0.15, 0.2) is 11.5 Å². The van der Waals surface area contributed by atoms with Crippen molar-refractivity contribution in [2.45, 2.75) is 6.23 Å². The summed E-state index contributed by atoms with van der Waals surface area (Å²) in [5, 5.41) is 0. The van der Waals surface area contributed by atoms with Gasteiger partial charge in [-0.05, 0) is 29.8 Å². The van der Waals surface area contributed by atoms with Crippen LogP contribution in [0.15, 0.2) is 66.7 Å². The minimum absolute atomic E-state index is 0.275. The average Bonchev–Trinajstić information content (AvgIpc) is 3.10. The fourth-order valence-electron chi connectivity index (χ4n) is 2.70. The molecule has 0 aliphatic carbocycles. The number of methoxy groups -OCH3 is 2. The number of hydrogen-bond donors (Lipinski definition) is 1. The smallest absolute Gasteiger partial charge is 0.268 e. The Kier molecular flexibility index (Phi) is 5.12. The SMILES string of the molecule is COc1ccc(C2OC=C(C(N)=O)N2C=Cc2ccccc2)cc1OC. The predicted octanol–water partition coefficient (Wildman–Crippen LogP) is 3.03. The average molecular weight is 352 g/mol. The molecule has 0 fully saturated rings. The lowest BCUT2D eigenvalue weighted by atomic mass is 10.1. The van der Waals surface area contributed by atoms with E-state index in [1.54, 1.807) is 31.4 Å². The Labute approximate surface area is 152 Å². The second-order valence-electron chi connectivity index (χ2n) is 5.60. The molecule has 0 spiro atoms. The first kappa shape index (κ1) is 17.4. The van der Waals surface area contributed by atoms with Crippen LogP contribution in [-0.2, 0) is 9.53 Å². The van der Waals surface area contributed by atoms with Crippen LogP contribution in [0.1, 0.15) is 17.4 Å². The topological polar surface area (TPSA) is 74.0 Å². The molecule has 1 heterocycles. The minimum atomic E-state index is -0.564. The molecule has 0 saturated heterocycles. The summed E-state index contributed by atoms with van der Waals surface area (Å²) >= 11 is 0. The molecular formula is C20H20N2O4. The Morgan fingerprint density at radius 2 is 1.85 bits per heavy atom. The highest BCUT2D eigenvalue weighted by atomic mass is 16.5. The first-order valence-electron chi connectivity index (χ1n) is 8.03. The molecule has 3 rings (SSSR count). The van der Waals surface area contributed by atoms with E-state index < -0.39 is 12.1 Å². The fourth-order valence-corrected chi connectivity index (χ4v) is 2.70. The van der Waals surface area contributed by atoms with Crippen LogP contribution in [0.2, 0.25) is 0 Å². The van der Waals surface area contributed by atoms with Crippen LogP contribution in [0, 0.1) is 0 Å². The highest BCUT2D eigenvalue weighted by molar-refractivity contribution is 5.91. The Morgan fingerprint density at radius 1 is 1.12 bits per heavy atom. The number of hydrogen-bond acceptors (Lipinski definition) is 5. The van der Waals surface area contributed by atoms with E-state index in [9.17, 15) is 4.79 Å². The van der Waals surface area contributed by atoms with E-state index >= 15 is 0 Å². The summed E-state index contributed by atoms with van der Waals surface area (Å²) in [5.41, 5.74) is 7.56. The van der Waals surface area contributed by atoms with Gasteiger partial charge in [-0.15, -0.1) is 0 Å². The van der Waals surface area contributed by atoms with E-state index in [-0.39, 0.29) is 5.70 Å². The molecule has 26 heavy (non-hydrogen) atoms. The molecule has 6 heteroatoms. The van der Waals surface area contributed by atoms with Gasteiger partial charge in [0.05, 0.1) is 14.2 Å². The van der Waals surface area contributed by atoms with Crippen molar-refractivity contribution in [3.05, 3.63) is 77.8 Å². The zero-order valence-electron chi connectivity index (χ0n) is 14.6. The molecule has 0 saturated carbocycles. The first-order valence-corrected chi connectivity index (χ1v) is 8.03. The fraction of sp³-hybridized carbons (Fsp3) is 0.150. The summed E-state index contributed by atoms with van der Waals surface area (Å²) < 4.78 is 16.3. The molecule has 1 unspecified atom stereocenters. The third-order valence-electron chi connectivity index (χ3n) is 4.01. The van der Waals surface area contributed by atoms with E-state index in [4.69, 9.17) is 19.9 Å². The zero-order valence-corrected chi connectivity index (χ0v) is 14.6. The van der Waals surface area contributed by atoms with Gasteiger partial charge in [-0.2, -0.15) is 0 Å². The van der Waals surface area contributed by atoms with Crippen molar-refractivity contribution in [3.8, 4) is 11.5 Å². The van der Waals surface area contributed by atoms with Gasteiger partial charge in [0, 0.05) is 11.8 Å². The molecule has 2 aromatic rings. The standard InChI is InChI=1S/C20H20N2O4/c1-24-17-9-8-15(12-18(17)25-2)20-22(16(13-26-20)19(21)23)11-10-14-6-4-3-5-7-14/h3-13,20H,1-2H3,(H2,21,23). The molecule has 0 aromatic heterocycles. The number of rotatable bonds is 6. The number of nitrogens with zero attached hydrogens (tertiary/aromatic N) is 1. The highest BCUT2D eigenvalue weighted by Gasteiger charge is 2.31. The van der Waals surface area contributed by atoms with Crippen molar-refractivity contribution in [2.24, 2.45) is 5.73 Å². The molecule has 0 radical (unpaired) electrons. The third kappa shape index (κ3) is 3.49. The second kappa shape index (κ2) is 7.65. The lowest BCUT2D eigenvalue weighted by molar-refractivity contribution is -0.115. The summed E-state index contributed by atoms with van der Waals surface area (Å²) in [4.78, 5) is 13.5. The van der Waals surface area contributed by atoms with Crippen LogP contribution in [0.25, 0.3) is 6.08 Å². The monoisotopic (exact) mass is 352 g/mol. The van der Waals surface area contributed by atoms with Gasteiger partial charge < -0.3 is 24.8 Å². The van der Waals surface area contributed by atoms with Crippen LogP contribution in [0.4, 0.5) is 0 Å². The molecular weight excluding hydrogens is 332 g/mol. The maximum absolute atomic E-state index is 11.8. The third-order valence-corrected chi connectivity index (χ3v) is 4.01. The molecule has 1 amide bonds. The molecule has 2 N–H and O–H groups in total. The molecule has 0 bridgehead atoms. The van der Waals surface area contributed by atoms with Gasteiger partial charge in [0.1, 0.15) is 12.0 Å². The molecule has 1 aliphatic heterocycles. The lowest BCUT2D eigenvalue weighted by Gasteiger charge is -2.24. The molecule has 6 nitrogen and oxygen atoms in total. The summed E-state index contributed by atoms with van der Waals surface area (Å²) in [7, 11) is 3.14. The van der Waals surface area contributed by atoms with Crippen LogP contribution in [-0.4, -0.2) is 25.0 Å². The largest absolute Gasteiger partial charge is 0.493 e. The van der Waals surface area contributed by atoms with Crippen molar-refractivity contribution in [2.75, 3.05) is 14.2 Å². The maximum atomic E-state index is 11.8. The van der Waals surface area contributed by atoms with Crippen LogP contribution in [0.5, 0.6) is 11.5 Å². The molecule has 134 valence electrons. The van der Waals surface area contributed by atoms with Crippen molar-refractivity contribution in [3.63, 3.8) is 0 Å². The maximum Gasteiger partial charge on any atom is 0.268 e. The van der Waals surface area contributed by atoms with Gasteiger partial charge in [-0.25, -0.2) is 0 Å². The Morgan fingerprint density at radius 3 is 2.50 bits per heavy atom. The number of ether oxygens (including phenoxy) is 3. The van der Waals surface area contributed by atoms with Crippen molar-refractivity contribution in [1.82, 2.24) is 4.90 Å². The number of carbonyl (C=O) groups excluding carboxylic acids is 1. The van der Waals surface area contributed by atoms with Crippen LogP contribution >= 0.6 is 0 Å².